The zero-order valence-corrected chi connectivity index (χ0v) is 20.4. The lowest BCUT2D eigenvalue weighted by atomic mass is 9.45. The fourth-order valence-corrected chi connectivity index (χ4v) is 8.20. The van der Waals surface area contributed by atoms with Gasteiger partial charge in [-0.05, 0) is 110 Å². The highest BCUT2D eigenvalue weighted by atomic mass is 19.3. The van der Waals surface area contributed by atoms with Crippen LogP contribution in [-0.2, 0) is 4.79 Å². The van der Waals surface area contributed by atoms with Crippen molar-refractivity contribution in [3.8, 4) is 11.5 Å². The molecule has 0 amide bonds. The van der Waals surface area contributed by atoms with Gasteiger partial charge >= 0.3 is 6.61 Å². The topological polar surface area (TPSA) is 55.8 Å². The average molecular weight is 475 g/mol. The Kier molecular flexibility index (Phi) is 6.02. The summed E-state index contributed by atoms with van der Waals surface area (Å²) < 4.78 is 35.1. The minimum absolute atomic E-state index is 0.0107. The number of aliphatic hydroxyl groups excluding tert-OH is 1. The highest BCUT2D eigenvalue weighted by Crippen LogP contribution is 2.66. The molecule has 1 aromatic carbocycles. The number of fused-ring (bicyclic) bond motifs is 5. The van der Waals surface area contributed by atoms with Crippen molar-refractivity contribution in [3.05, 3.63) is 29.3 Å². The lowest BCUT2D eigenvalue weighted by Crippen LogP contribution is -2.54. The summed E-state index contributed by atoms with van der Waals surface area (Å²) in [7, 11) is 1.42. The molecule has 0 bridgehead atoms. The van der Waals surface area contributed by atoms with E-state index < -0.39 is 6.61 Å². The summed E-state index contributed by atoms with van der Waals surface area (Å²) in [5.41, 5.74) is 1.54. The first kappa shape index (κ1) is 23.8. The SMILES string of the molecule is COc1cc(/C=C2\C[C@H]3[C@@H]4CC[C@@H]5C[C@@H](O)CC[C@]5(C)[C@H]4CC[C@]3(C)C2=O)ccc1OC(F)F. The van der Waals surface area contributed by atoms with Crippen molar-refractivity contribution >= 4 is 11.9 Å². The number of halogens is 2. The Morgan fingerprint density at radius 3 is 2.62 bits per heavy atom. The molecule has 0 saturated heterocycles. The maximum absolute atomic E-state index is 13.7. The standard InChI is InChI=1S/C28H36F2O4/c1-27-10-8-19(31)15-18(27)5-6-20-21(27)9-11-28(2)22(20)14-17(25(28)32)12-16-4-7-23(34-26(29)30)24(13-16)33-3/h4,7,12-13,18-22,26,31H,5-6,8-11,14-15H2,1-3H3/b17-12+/t18-,19+,20-,21+,22+,27+,28+/m1/s1. The Labute approximate surface area is 200 Å². The van der Waals surface area contributed by atoms with Crippen LogP contribution in [0.1, 0.15) is 70.8 Å². The molecule has 6 heteroatoms. The van der Waals surface area contributed by atoms with Gasteiger partial charge in [0.1, 0.15) is 0 Å². The van der Waals surface area contributed by atoms with E-state index in [1.54, 1.807) is 12.1 Å². The van der Waals surface area contributed by atoms with E-state index in [0.717, 1.165) is 62.5 Å². The maximum atomic E-state index is 13.7. The van der Waals surface area contributed by atoms with Crippen LogP contribution in [0.15, 0.2) is 23.8 Å². The molecule has 0 radical (unpaired) electrons. The highest BCUT2D eigenvalue weighted by molar-refractivity contribution is 6.06. The van der Waals surface area contributed by atoms with Crippen molar-refractivity contribution < 1.29 is 28.2 Å². The zero-order valence-electron chi connectivity index (χ0n) is 20.4. The average Bonchev–Trinajstić information content (AvgIpc) is 3.05. The van der Waals surface area contributed by atoms with Crippen molar-refractivity contribution in [2.75, 3.05) is 7.11 Å². The summed E-state index contributed by atoms with van der Waals surface area (Å²) in [4.78, 5) is 13.7. The summed E-state index contributed by atoms with van der Waals surface area (Å²) in [6.45, 7) is 1.69. The van der Waals surface area contributed by atoms with Crippen molar-refractivity contribution in [2.24, 2.45) is 34.5 Å². The van der Waals surface area contributed by atoms with Crippen LogP contribution >= 0.6 is 0 Å². The van der Waals surface area contributed by atoms with E-state index in [-0.39, 0.29) is 34.2 Å². The van der Waals surface area contributed by atoms with E-state index >= 15 is 0 Å². The second-order valence-corrected chi connectivity index (χ2v) is 11.5. The molecule has 0 aliphatic heterocycles. The Bertz CT molecular complexity index is 991. The van der Waals surface area contributed by atoms with Gasteiger partial charge in [0.15, 0.2) is 17.3 Å². The van der Waals surface area contributed by atoms with E-state index in [0.29, 0.717) is 23.7 Å². The molecule has 1 aromatic rings. The van der Waals surface area contributed by atoms with E-state index in [1.165, 1.54) is 13.2 Å². The van der Waals surface area contributed by atoms with E-state index in [1.807, 2.05) is 6.08 Å². The number of ether oxygens (including phenoxy) is 2. The van der Waals surface area contributed by atoms with Gasteiger partial charge in [0.2, 0.25) is 0 Å². The van der Waals surface area contributed by atoms with Gasteiger partial charge in [-0.3, -0.25) is 4.79 Å². The van der Waals surface area contributed by atoms with Crippen LogP contribution < -0.4 is 9.47 Å². The van der Waals surface area contributed by atoms with Gasteiger partial charge in [-0.1, -0.05) is 19.9 Å². The van der Waals surface area contributed by atoms with Crippen molar-refractivity contribution in [1.82, 2.24) is 0 Å². The molecule has 186 valence electrons. The van der Waals surface area contributed by atoms with E-state index in [2.05, 4.69) is 18.6 Å². The number of carbonyl (C=O) groups excluding carboxylic acids is 1. The second kappa shape index (κ2) is 8.61. The Hall–Kier alpha value is -1.95. The summed E-state index contributed by atoms with van der Waals surface area (Å²) in [5.74, 6) is 2.57. The van der Waals surface area contributed by atoms with Crippen LogP contribution in [0.25, 0.3) is 6.08 Å². The van der Waals surface area contributed by atoms with Gasteiger partial charge in [-0.2, -0.15) is 8.78 Å². The number of rotatable bonds is 4. The molecule has 4 nitrogen and oxygen atoms in total. The second-order valence-electron chi connectivity index (χ2n) is 11.5. The number of carbonyl (C=O) groups is 1. The van der Waals surface area contributed by atoms with Crippen LogP contribution in [0.5, 0.6) is 11.5 Å². The van der Waals surface area contributed by atoms with Gasteiger partial charge in [0.05, 0.1) is 13.2 Å². The summed E-state index contributed by atoms with van der Waals surface area (Å²) >= 11 is 0. The largest absolute Gasteiger partial charge is 0.493 e. The monoisotopic (exact) mass is 474 g/mol. The predicted octanol–water partition coefficient (Wildman–Crippen LogP) is 6.26. The van der Waals surface area contributed by atoms with Gasteiger partial charge < -0.3 is 14.6 Å². The third-order valence-electron chi connectivity index (χ3n) is 10.0. The number of allylic oxidation sites excluding steroid dienone is 1. The Morgan fingerprint density at radius 1 is 1.09 bits per heavy atom. The highest BCUT2D eigenvalue weighted by Gasteiger charge is 2.61. The fourth-order valence-electron chi connectivity index (χ4n) is 8.20. The molecule has 4 fully saturated rings. The first-order valence-electron chi connectivity index (χ1n) is 12.7. The molecule has 4 aliphatic rings. The summed E-state index contributed by atoms with van der Waals surface area (Å²) in [6.07, 6.45) is 9.76. The normalized spacial score (nSPS) is 40.6. The minimum Gasteiger partial charge on any atom is -0.493 e. The maximum Gasteiger partial charge on any atom is 0.387 e. The Morgan fingerprint density at radius 2 is 1.88 bits per heavy atom. The molecule has 0 aromatic heterocycles. The smallest absolute Gasteiger partial charge is 0.387 e. The number of aliphatic hydroxyl groups is 1. The first-order chi connectivity index (χ1) is 16.2. The zero-order chi connectivity index (χ0) is 24.3. The lowest BCUT2D eigenvalue weighted by Gasteiger charge is -2.59. The van der Waals surface area contributed by atoms with Gasteiger partial charge in [-0.25, -0.2) is 0 Å². The molecule has 0 heterocycles. The van der Waals surface area contributed by atoms with Crippen LogP contribution in [0.4, 0.5) is 8.78 Å². The molecular weight excluding hydrogens is 438 g/mol. The molecule has 34 heavy (non-hydrogen) atoms. The predicted molar refractivity (Wildman–Crippen MR) is 126 cm³/mol. The summed E-state index contributed by atoms with van der Waals surface area (Å²) in [5, 5.41) is 10.3. The number of hydrogen-bond donors (Lipinski definition) is 1. The molecule has 0 spiro atoms. The van der Waals surface area contributed by atoms with Crippen LogP contribution in [0, 0.1) is 34.5 Å². The third-order valence-corrected chi connectivity index (χ3v) is 10.0. The summed E-state index contributed by atoms with van der Waals surface area (Å²) in [6, 6.07) is 4.83. The number of Topliss-reactive ketones (excluding diaryl/α,β-unsaturated/α-hetero) is 1. The minimum atomic E-state index is -2.92. The third kappa shape index (κ3) is 3.77. The molecule has 5 rings (SSSR count). The first-order valence-corrected chi connectivity index (χ1v) is 12.7. The van der Waals surface area contributed by atoms with Gasteiger partial charge in [0, 0.05) is 5.41 Å². The molecule has 4 saturated carbocycles. The van der Waals surface area contributed by atoms with Crippen molar-refractivity contribution in [2.45, 2.75) is 77.9 Å². The van der Waals surface area contributed by atoms with Crippen LogP contribution in [0.3, 0.4) is 0 Å². The molecule has 1 N–H and O–H groups in total. The van der Waals surface area contributed by atoms with Crippen LogP contribution in [-0.4, -0.2) is 30.7 Å². The van der Waals surface area contributed by atoms with E-state index in [9.17, 15) is 18.7 Å². The number of alkyl halides is 2. The molecule has 0 unspecified atom stereocenters. The van der Waals surface area contributed by atoms with Gasteiger partial charge in [0.25, 0.3) is 0 Å². The quantitative estimate of drug-likeness (QED) is 0.523. The number of hydrogen-bond acceptors (Lipinski definition) is 4. The van der Waals surface area contributed by atoms with Crippen molar-refractivity contribution in [1.29, 1.82) is 0 Å². The van der Waals surface area contributed by atoms with Gasteiger partial charge in [-0.15, -0.1) is 0 Å². The number of ketones is 1. The fraction of sp³-hybridized carbons (Fsp3) is 0.679. The molecular formula is C28H36F2O4. The molecule has 4 aliphatic carbocycles. The Balaban J connectivity index is 1.41. The lowest BCUT2D eigenvalue weighted by molar-refractivity contribution is -0.141. The van der Waals surface area contributed by atoms with E-state index in [4.69, 9.17) is 4.74 Å². The number of benzene rings is 1. The van der Waals surface area contributed by atoms with Crippen molar-refractivity contribution in [3.63, 3.8) is 0 Å². The number of methoxy groups -OCH3 is 1. The molecule has 7 atom stereocenters. The van der Waals surface area contributed by atoms with Crippen LogP contribution in [0.2, 0.25) is 0 Å².